The SMILES string of the molecule is CCCCOc1ccc(Br)cc1C(=O)Nc1ccc(Cl)cc1. The Bertz CT molecular complexity index is 644. The Labute approximate surface area is 143 Å². The molecule has 0 fully saturated rings. The molecule has 0 bridgehead atoms. The van der Waals surface area contributed by atoms with Crippen molar-refractivity contribution in [1.29, 1.82) is 0 Å². The maximum Gasteiger partial charge on any atom is 0.259 e. The van der Waals surface area contributed by atoms with E-state index < -0.39 is 0 Å². The number of ether oxygens (including phenoxy) is 1. The number of carbonyl (C=O) groups excluding carboxylic acids is 1. The van der Waals surface area contributed by atoms with Gasteiger partial charge in [-0.1, -0.05) is 40.9 Å². The Kier molecular flexibility index (Phi) is 6.28. The number of anilines is 1. The van der Waals surface area contributed by atoms with Gasteiger partial charge in [-0.3, -0.25) is 4.79 Å². The van der Waals surface area contributed by atoms with Crippen LogP contribution in [0.15, 0.2) is 46.9 Å². The largest absolute Gasteiger partial charge is 0.493 e. The third-order valence-corrected chi connectivity index (χ3v) is 3.79. The first kappa shape index (κ1) is 16.8. The summed E-state index contributed by atoms with van der Waals surface area (Å²) in [6, 6.07) is 12.4. The first-order valence-corrected chi connectivity index (χ1v) is 8.26. The summed E-state index contributed by atoms with van der Waals surface area (Å²) in [5.74, 6) is 0.373. The van der Waals surface area contributed by atoms with E-state index in [0.29, 0.717) is 28.6 Å². The van der Waals surface area contributed by atoms with Crippen LogP contribution < -0.4 is 10.1 Å². The lowest BCUT2D eigenvalue weighted by molar-refractivity contribution is 0.102. The van der Waals surface area contributed by atoms with Crippen LogP contribution in [0.5, 0.6) is 5.75 Å². The molecule has 116 valence electrons. The molecule has 0 aliphatic rings. The summed E-state index contributed by atoms with van der Waals surface area (Å²) in [4.78, 5) is 12.5. The Morgan fingerprint density at radius 2 is 1.95 bits per heavy atom. The molecule has 22 heavy (non-hydrogen) atoms. The third kappa shape index (κ3) is 4.75. The van der Waals surface area contributed by atoms with Crippen molar-refractivity contribution in [2.75, 3.05) is 11.9 Å². The van der Waals surface area contributed by atoms with Crippen LogP contribution in [0.2, 0.25) is 5.02 Å². The van der Waals surface area contributed by atoms with Crippen LogP contribution in [-0.2, 0) is 0 Å². The van der Waals surface area contributed by atoms with E-state index in [1.165, 1.54) is 0 Å². The quantitative estimate of drug-likeness (QED) is 0.667. The zero-order valence-electron chi connectivity index (χ0n) is 12.2. The lowest BCUT2D eigenvalue weighted by atomic mass is 10.2. The number of halogens is 2. The fourth-order valence-corrected chi connectivity index (χ4v) is 2.35. The van der Waals surface area contributed by atoms with E-state index in [-0.39, 0.29) is 5.91 Å². The van der Waals surface area contributed by atoms with Gasteiger partial charge >= 0.3 is 0 Å². The summed E-state index contributed by atoms with van der Waals surface area (Å²) in [6.45, 7) is 2.69. The fraction of sp³-hybridized carbons (Fsp3) is 0.235. The average molecular weight is 383 g/mol. The molecule has 0 unspecified atom stereocenters. The van der Waals surface area contributed by atoms with Crippen molar-refractivity contribution in [3.05, 3.63) is 57.5 Å². The van der Waals surface area contributed by atoms with Crippen LogP contribution in [0.1, 0.15) is 30.1 Å². The highest BCUT2D eigenvalue weighted by molar-refractivity contribution is 9.10. The van der Waals surface area contributed by atoms with Crippen LogP contribution in [-0.4, -0.2) is 12.5 Å². The topological polar surface area (TPSA) is 38.3 Å². The molecule has 0 aliphatic carbocycles. The molecule has 0 heterocycles. The minimum absolute atomic E-state index is 0.213. The van der Waals surface area contributed by atoms with Gasteiger partial charge in [0.2, 0.25) is 0 Å². The molecule has 2 aromatic rings. The molecule has 2 rings (SSSR count). The van der Waals surface area contributed by atoms with Gasteiger partial charge in [-0.05, 0) is 48.9 Å². The maximum atomic E-state index is 12.5. The molecule has 5 heteroatoms. The van der Waals surface area contributed by atoms with Crippen molar-refractivity contribution in [3.8, 4) is 5.75 Å². The highest BCUT2D eigenvalue weighted by Crippen LogP contribution is 2.25. The molecule has 1 amide bonds. The van der Waals surface area contributed by atoms with Crippen molar-refractivity contribution < 1.29 is 9.53 Å². The number of unbranched alkanes of at least 4 members (excludes halogenated alkanes) is 1. The molecule has 0 saturated heterocycles. The zero-order valence-corrected chi connectivity index (χ0v) is 14.6. The minimum atomic E-state index is -0.213. The monoisotopic (exact) mass is 381 g/mol. The van der Waals surface area contributed by atoms with Gasteiger partial charge in [-0.2, -0.15) is 0 Å². The minimum Gasteiger partial charge on any atom is -0.493 e. The van der Waals surface area contributed by atoms with E-state index in [4.69, 9.17) is 16.3 Å². The summed E-state index contributed by atoms with van der Waals surface area (Å²) in [5, 5.41) is 3.47. The van der Waals surface area contributed by atoms with E-state index in [9.17, 15) is 4.79 Å². The lowest BCUT2D eigenvalue weighted by Gasteiger charge is -2.12. The predicted octanol–water partition coefficient (Wildman–Crippen LogP) is 5.53. The summed E-state index contributed by atoms with van der Waals surface area (Å²) in [7, 11) is 0. The Hall–Kier alpha value is -1.52. The van der Waals surface area contributed by atoms with Crippen LogP contribution in [0.25, 0.3) is 0 Å². The van der Waals surface area contributed by atoms with Crippen molar-refractivity contribution in [2.24, 2.45) is 0 Å². The second kappa shape index (κ2) is 8.20. The molecule has 0 radical (unpaired) electrons. The first-order valence-electron chi connectivity index (χ1n) is 7.09. The molecule has 0 atom stereocenters. The molecule has 0 aromatic heterocycles. The average Bonchev–Trinajstić information content (AvgIpc) is 2.51. The van der Waals surface area contributed by atoms with Crippen molar-refractivity contribution >= 4 is 39.1 Å². The second-order valence-electron chi connectivity index (χ2n) is 4.80. The Morgan fingerprint density at radius 1 is 1.23 bits per heavy atom. The highest BCUT2D eigenvalue weighted by Gasteiger charge is 2.13. The van der Waals surface area contributed by atoms with Gasteiger partial charge in [0.1, 0.15) is 5.75 Å². The number of amides is 1. The van der Waals surface area contributed by atoms with Crippen molar-refractivity contribution in [1.82, 2.24) is 0 Å². The Balaban J connectivity index is 2.16. The second-order valence-corrected chi connectivity index (χ2v) is 6.16. The normalized spacial score (nSPS) is 10.3. The van der Waals surface area contributed by atoms with Gasteiger partial charge < -0.3 is 10.1 Å². The van der Waals surface area contributed by atoms with Gasteiger partial charge in [0.05, 0.1) is 12.2 Å². The highest BCUT2D eigenvalue weighted by atomic mass is 79.9. The number of carbonyl (C=O) groups is 1. The zero-order chi connectivity index (χ0) is 15.9. The molecule has 0 spiro atoms. The summed E-state index contributed by atoms with van der Waals surface area (Å²) < 4.78 is 6.54. The summed E-state index contributed by atoms with van der Waals surface area (Å²) in [5.41, 5.74) is 1.19. The molecule has 1 N–H and O–H groups in total. The van der Waals surface area contributed by atoms with Crippen molar-refractivity contribution in [2.45, 2.75) is 19.8 Å². The fourth-order valence-electron chi connectivity index (χ4n) is 1.86. The number of nitrogens with one attached hydrogen (secondary N) is 1. The number of hydrogen-bond acceptors (Lipinski definition) is 2. The van der Waals surface area contributed by atoms with Crippen molar-refractivity contribution in [3.63, 3.8) is 0 Å². The van der Waals surface area contributed by atoms with Crippen LogP contribution >= 0.6 is 27.5 Å². The van der Waals surface area contributed by atoms with E-state index in [0.717, 1.165) is 17.3 Å². The van der Waals surface area contributed by atoms with Gasteiger partial charge in [0.25, 0.3) is 5.91 Å². The van der Waals surface area contributed by atoms with E-state index in [1.54, 1.807) is 36.4 Å². The number of hydrogen-bond donors (Lipinski definition) is 1. The lowest BCUT2D eigenvalue weighted by Crippen LogP contribution is -2.14. The molecule has 2 aromatic carbocycles. The summed E-state index contributed by atoms with van der Waals surface area (Å²) >= 11 is 9.23. The standard InChI is InChI=1S/C17H17BrClNO2/c1-2-3-10-22-16-9-4-12(18)11-15(16)17(21)20-14-7-5-13(19)6-8-14/h4-9,11H,2-3,10H2,1H3,(H,20,21). The third-order valence-electron chi connectivity index (χ3n) is 3.04. The van der Waals surface area contributed by atoms with Gasteiger partial charge in [-0.25, -0.2) is 0 Å². The molecular weight excluding hydrogens is 366 g/mol. The van der Waals surface area contributed by atoms with E-state index >= 15 is 0 Å². The molecule has 3 nitrogen and oxygen atoms in total. The Morgan fingerprint density at radius 3 is 2.64 bits per heavy atom. The van der Waals surface area contributed by atoms with Crippen LogP contribution in [0.4, 0.5) is 5.69 Å². The van der Waals surface area contributed by atoms with Crippen LogP contribution in [0, 0.1) is 0 Å². The van der Waals surface area contributed by atoms with E-state index in [2.05, 4.69) is 28.2 Å². The van der Waals surface area contributed by atoms with Gasteiger partial charge in [0.15, 0.2) is 0 Å². The van der Waals surface area contributed by atoms with E-state index in [1.807, 2.05) is 6.07 Å². The molecule has 0 saturated carbocycles. The number of benzene rings is 2. The van der Waals surface area contributed by atoms with Gasteiger partial charge in [0, 0.05) is 15.2 Å². The number of rotatable bonds is 6. The smallest absolute Gasteiger partial charge is 0.259 e. The predicted molar refractivity (Wildman–Crippen MR) is 94.0 cm³/mol. The van der Waals surface area contributed by atoms with Crippen LogP contribution in [0.3, 0.4) is 0 Å². The summed E-state index contributed by atoms with van der Waals surface area (Å²) in [6.07, 6.45) is 2.00. The maximum absolute atomic E-state index is 12.5. The molecule has 0 aliphatic heterocycles. The molecular formula is C17H17BrClNO2. The van der Waals surface area contributed by atoms with Gasteiger partial charge in [-0.15, -0.1) is 0 Å². The first-order chi connectivity index (χ1) is 10.6.